The van der Waals surface area contributed by atoms with Crippen molar-refractivity contribution < 1.29 is 29.0 Å². The number of allylic oxidation sites excluding steroid dienone is 2. The molecule has 1 N–H and O–H groups in total. The van der Waals surface area contributed by atoms with Crippen LogP contribution in [0.15, 0.2) is 17.7 Å². The van der Waals surface area contributed by atoms with Crippen molar-refractivity contribution in [3.63, 3.8) is 0 Å². The molecule has 0 spiro atoms. The number of carboxylic acid groups (broad SMARTS) is 1. The average molecular weight is 537 g/mol. The zero-order valence-electron chi connectivity index (χ0n) is 24.9. The Morgan fingerprint density at radius 2 is 1.54 bits per heavy atom. The third-order valence-corrected chi connectivity index (χ3v) is 12.0. The zero-order valence-corrected chi connectivity index (χ0v) is 24.9. The van der Waals surface area contributed by atoms with Crippen molar-refractivity contribution in [2.75, 3.05) is 0 Å². The molecule has 39 heavy (non-hydrogen) atoms. The standard InChI is InChI=1S/C33H44O6/c1-19-22-9-10-25-31(6,23(22)17-24(38-20(2)34)27(19)39-21(3)35)14-16-33(8)26-18-30(5,28(36)37)12-11-29(26,4)13-15-32(25,33)7/h10,17,26H,9,11-16,18H2,1-8H3,(H,36,37)/t26-,29+,30+,31+,32+,33+/m0/s1. The van der Waals surface area contributed by atoms with Crippen LogP contribution in [0.1, 0.15) is 110 Å². The number of hydrogen-bond acceptors (Lipinski definition) is 5. The molecule has 3 fully saturated rings. The molecule has 0 amide bonds. The first kappa shape index (κ1) is 27.9. The van der Waals surface area contributed by atoms with E-state index < -0.39 is 23.3 Å². The fraction of sp³-hybridized carbons (Fsp3) is 0.667. The number of benzene rings is 1. The Kier molecular flexibility index (Phi) is 6.22. The van der Waals surface area contributed by atoms with E-state index in [0.29, 0.717) is 17.4 Å². The first-order valence-electron chi connectivity index (χ1n) is 14.5. The van der Waals surface area contributed by atoms with E-state index in [-0.39, 0.29) is 21.7 Å². The van der Waals surface area contributed by atoms with Crippen molar-refractivity contribution >= 4 is 17.9 Å². The molecule has 1 aromatic carbocycles. The summed E-state index contributed by atoms with van der Waals surface area (Å²) in [6.45, 7) is 16.2. The van der Waals surface area contributed by atoms with Crippen LogP contribution in [0.4, 0.5) is 0 Å². The molecule has 0 saturated heterocycles. The van der Waals surface area contributed by atoms with Gasteiger partial charge < -0.3 is 14.6 Å². The summed E-state index contributed by atoms with van der Waals surface area (Å²) in [6, 6.07) is 1.94. The van der Waals surface area contributed by atoms with Crippen molar-refractivity contribution in [3.8, 4) is 11.5 Å². The largest absolute Gasteiger partial charge is 0.481 e. The van der Waals surface area contributed by atoms with Crippen LogP contribution in [0.5, 0.6) is 11.5 Å². The lowest BCUT2D eigenvalue weighted by Gasteiger charge is -2.69. The number of ether oxygens (including phenoxy) is 2. The fourth-order valence-corrected chi connectivity index (χ4v) is 9.37. The average Bonchev–Trinajstić information content (AvgIpc) is 2.84. The van der Waals surface area contributed by atoms with E-state index in [1.54, 1.807) is 0 Å². The highest BCUT2D eigenvalue weighted by Crippen LogP contribution is 2.74. The van der Waals surface area contributed by atoms with Gasteiger partial charge in [0.05, 0.1) is 5.41 Å². The maximum atomic E-state index is 12.4. The molecule has 0 unspecified atom stereocenters. The predicted molar refractivity (Wildman–Crippen MR) is 149 cm³/mol. The van der Waals surface area contributed by atoms with Crippen LogP contribution in [-0.2, 0) is 26.2 Å². The summed E-state index contributed by atoms with van der Waals surface area (Å²) in [5.41, 5.74) is 3.69. The van der Waals surface area contributed by atoms with Crippen LogP contribution in [0.3, 0.4) is 0 Å². The maximum absolute atomic E-state index is 12.4. The minimum Gasteiger partial charge on any atom is -0.481 e. The molecular formula is C33H44O6. The van der Waals surface area contributed by atoms with Crippen LogP contribution < -0.4 is 9.47 Å². The van der Waals surface area contributed by atoms with Crippen molar-refractivity contribution in [1.29, 1.82) is 0 Å². The summed E-state index contributed by atoms with van der Waals surface area (Å²) in [6.07, 6.45) is 9.70. The van der Waals surface area contributed by atoms with E-state index in [1.807, 2.05) is 19.9 Å². The topological polar surface area (TPSA) is 89.9 Å². The number of esters is 2. The molecule has 0 radical (unpaired) electrons. The Morgan fingerprint density at radius 3 is 2.15 bits per heavy atom. The quantitative estimate of drug-likeness (QED) is 0.252. The van der Waals surface area contributed by atoms with Crippen LogP contribution in [0.25, 0.3) is 0 Å². The zero-order chi connectivity index (χ0) is 28.8. The Balaban J connectivity index is 1.63. The first-order valence-corrected chi connectivity index (χ1v) is 14.5. The molecule has 3 saturated carbocycles. The Bertz CT molecular complexity index is 1310. The van der Waals surface area contributed by atoms with Gasteiger partial charge >= 0.3 is 17.9 Å². The molecule has 6 atom stereocenters. The molecule has 0 bridgehead atoms. The Hall–Kier alpha value is -2.63. The van der Waals surface area contributed by atoms with Gasteiger partial charge in [-0.3, -0.25) is 14.4 Å². The smallest absolute Gasteiger partial charge is 0.309 e. The molecular weight excluding hydrogens is 492 g/mol. The van der Waals surface area contributed by atoms with Gasteiger partial charge in [-0.25, -0.2) is 0 Å². The molecule has 4 aliphatic rings. The minimum absolute atomic E-state index is 0.0224. The number of fused-ring (bicyclic) bond motifs is 7. The first-order chi connectivity index (χ1) is 18.0. The van der Waals surface area contributed by atoms with Gasteiger partial charge in [0.1, 0.15) is 0 Å². The predicted octanol–water partition coefficient (Wildman–Crippen LogP) is 7.08. The van der Waals surface area contributed by atoms with E-state index >= 15 is 0 Å². The highest BCUT2D eigenvalue weighted by Gasteiger charge is 2.67. The van der Waals surface area contributed by atoms with Crippen LogP contribution in [-0.4, -0.2) is 23.0 Å². The lowest BCUT2D eigenvalue weighted by molar-refractivity contribution is -0.177. The summed E-state index contributed by atoms with van der Waals surface area (Å²) in [7, 11) is 0. The van der Waals surface area contributed by atoms with Crippen LogP contribution >= 0.6 is 0 Å². The maximum Gasteiger partial charge on any atom is 0.309 e. The molecule has 0 heterocycles. The normalized spacial score (nSPS) is 38.8. The van der Waals surface area contributed by atoms with Gasteiger partial charge in [0.25, 0.3) is 0 Å². The van der Waals surface area contributed by atoms with Crippen molar-refractivity contribution in [2.24, 2.45) is 27.6 Å². The third kappa shape index (κ3) is 3.83. The van der Waals surface area contributed by atoms with Gasteiger partial charge in [0, 0.05) is 19.3 Å². The van der Waals surface area contributed by atoms with E-state index in [0.717, 1.165) is 68.1 Å². The van der Waals surface area contributed by atoms with E-state index in [1.165, 1.54) is 19.4 Å². The van der Waals surface area contributed by atoms with Crippen molar-refractivity contribution in [2.45, 2.75) is 112 Å². The second kappa shape index (κ2) is 8.68. The molecule has 6 nitrogen and oxygen atoms in total. The molecule has 6 heteroatoms. The highest BCUT2D eigenvalue weighted by molar-refractivity contribution is 5.76. The summed E-state index contributed by atoms with van der Waals surface area (Å²) >= 11 is 0. The van der Waals surface area contributed by atoms with Crippen LogP contribution in [0.2, 0.25) is 0 Å². The lowest BCUT2D eigenvalue weighted by atomic mass is 9.34. The number of aliphatic carboxylic acids is 1. The number of carbonyl (C=O) groups excluding carboxylic acids is 2. The molecule has 5 rings (SSSR count). The van der Waals surface area contributed by atoms with Gasteiger partial charge in [-0.15, -0.1) is 0 Å². The second-order valence-electron chi connectivity index (χ2n) is 14.2. The number of hydrogen-bond donors (Lipinski definition) is 1. The SMILES string of the molecule is CC(=O)Oc1cc2c(c(C)c1OC(C)=O)CC=C1[C@]2(C)CC[C@]2(C)[C@H]3C[C@](C)(C(=O)O)CC[C@]3(C)CC[C@]12C. The summed E-state index contributed by atoms with van der Waals surface area (Å²) in [5, 5.41) is 10.2. The van der Waals surface area contributed by atoms with Gasteiger partial charge in [-0.05, 0) is 110 Å². The fourth-order valence-electron chi connectivity index (χ4n) is 9.37. The molecule has 212 valence electrons. The molecule has 0 aromatic heterocycles. The van der Waals surface area contributed by atoms with Crippen molar-refractivity contribution in [3.05, 3.63) is 34.4 Å². The van der Waals surface area contributed by atoms with Crippen molar-refractivity contribution in [1.82, 2.24) is 0 Å². The van der Waals surface area contributed by atoms with Gasteiger partial charge in [0.15, 0.2) is 11.5 Å². The summed E-state index contributed by atoms with van der Waals surface area (Å²) < 4.78 is 11.2. The molecule has 0 aliphatic heterocycles. The van der Waals surface area contributed by atoms with E-state index in [9.17, 15) is 19.5 Å². The Morgan fingerprint density at radius 1 is 0.897 bits per heavy atom. The van der Waals surface area contributed by atoms with E-state index in [2.05, 4.69) is 33.8 Å². The monoisotopic (exact) mass is 536 g/mol. The van der Waals surface area contributed by atoms with Gasteiger partial charge in [-0.2, -0.15) is 0 Å². The number of carboxylic acids is 1. The number of rotatable bonds is 3. The second-order valence-corrected chi connectivity index (χ2v) is 14.2. The molecule has 4 aliphatic carbocycles. The van der Waals surface area contributed by atoms with Crippen LogP contribution in [0, 0.1) is 34.5 Å². The lowest BCUT2D eigenvalue weighted by Crippen LogP contribution is -2.62. The van der Waals surface area contributed by atoms with E-state index in [4.69, 9.17) is 9.47 Å². The number of carbonyl (C=O) groups is 3. The summed E-state index contributed by atoms with van der Waals surface area (Å²) in [5.74, 6) is -0.605. The molecule has 1 aromatic rings. The highest BCUT2D eigenvalue weighted by atomic mass is 16.6. The van der Waals surface area contributed by atoms with Gasteiger partial charge in [-0.1, -0.05) is 39.3 Å². The van der Waals surface area contributed by atoms with Gasteiger partial charge in [0.2, 0.25) is 0 Å². The minimum atomic E-state index is -0.678. The third-order valence-electron chi connectivity index (χ3n) is 12.0. The Labute approximate surface area is 232 Å². The summed E-state index contributed by atoms with van der Waals surface area (Å²) in [4.78, 5) is 36.3.